The number of hydrogen-bond donors (Lipinski definition) is 0. The van der Waals surface area contributed by atoms with Gasteiger partial charge in [0.15, 0.2) is 0 Å². The van der Waals surface area contributed by atoms with Crippen LogP contribution in [0.25, 0.3) is 0 Å². The van der Waals surface area contributed by atoms with Crippen LogP contribution < -0.4 is 0 Å². The summed E-state index contributed by atoms with van der Waals surface area (Å²) in [6, 6.07) is 0. The van der Waals surface area contributed by atoms with E-state index in [1.165, 1.54) is 51.4 Å². The second-order valence-electron chi connectivity index (χ2n) is 4.78. The molecule has 0 radical (unpaired) electrons. The molecule has 15 heavy (non-hydrogen) atoms. The zero-order valence-corrected chi connectivity index (χ0v) is 11.8. The molecule has 0 amide bonds. The molecule has 0 aromatic rings. The van der Waals surface area contributed by atoms with E-state index >= 15 is 0 Å². The van der Waals surface area contributed by atoms with Gasteiger partial charge in [0.05, 0.1) is 12.2 Å². The average molecular weight is 277 g/mol. The van der Waals surface area contributed by atoms with Gasteiger partial charge in [-0.25, -0.2) is 0 Å². The van der Waals surface area contributed by atoms with Gasteiger partial charge in [0.1, 0.15) is 0 Å². The summed E-state index contributed by atoms with van der Waals surface area (Å²) in [5.74, 6) is 0. The van der Waals surface area contributed by atoms with Gasteiger partial charge in [-0.15, -0.1) is 0 Å². The van der Waals surface area contributed by atoms with Gasteiger partial charge in [-0.2, -0.15) is 0 Å². The zero-order chi connectivity index (χ0) is 11.1. The van der Waals surface area contributed by atoms with Crippen molar-refractivity contribution >= 4 is 15.9 Å². The zero-order valence-electron chi connectivity index (χ0n) is 10.2. The molecule has 1 aliphatic rings. The molecule has 3 unspecified atom stereocenters. The molecule has 0 bridgehead atoms. The van der Waals surface area contributed by atoms with Crippen LogP contribution in [0.3, 0.4) is 0 Å². The minimum Gasteiger partial charge on any atom is -0.374 e. The summed E-state index contributed by atoms with van der Waals surface area (Å²) in [5, 5.41) is 0. The van der Waals surface area contributed by atoms with Crippen LogP contribution in [-0.4, -0.2) is 17.0 Å². The lowest BCUT2D eigenvalue weighted by Gasteiger charge is -2.28. The highest BCUT2D eigenvalue weighted by Gasteiger charge is 2.22. The summed E-state index contributed by atoms with van der Waals surface area (Å²) in [7, 11) is 0. The van der Waals surface area contributed by atoms with Crippen LogP contribution in [0.15, 0.2) is 0 Å². The molecule has 2 heteroatoms. The van der Waals surface area contributed by atoms with Gasteiger partial charge in [-0.1, -0.05) is 55.0 Å². The summed E-state index contributed by atoms with van der Waals surface area (Å²) in [6.07, 6.45) is 11.3. The standard InChI is InChI=1S/C13H25BrO/c1-3-8-11(2)15-13-10-7-5-4-6-9-12(13)14/h11-13H,3-10H2,1-2H3. The van der Waals surface area contributed by atoms with Gasteiger partial charge in [0.25, 0.3) is 0 Å². The molecular formula is C13H25BrO. The van der Waals surface area contributed by atoms with Crippen molar-refractivity contribution in [3.05, 3.63) is 0 Å². The lowest BCUT2D eigenvalue weighted by Crippen LogP contribution is -2.29. The van der Waals surface area contributed by atoms with Crippen molar-refractivity contribution in [3.8, 4) is 0 Å². The second-order valence-corrected chi connectivity index (χ2v) is 5.96. The molecule has 1 nitrogen and oxygen atoms in total. The van der Waals surface area contributed by atoms with E-state index in [-0.39, 0.29) is 0 Å². The summed E-state index contributed by atoms with van der Waals surface area (Å²) >= 11 is 3.79. The van der Waals surface area contributed by atoms with E-state index in [0.717, 1.165) is 0 Å². The summed E-state index contributed by atoms with van der Waals surface area (Å²) in [4.78, 5) is 0.581. The fraction of sp³-hybridized carbons (Fsp3) is 1.00. The van der Waals surface area contributed by atoms with E-state index in [9.17, 15) is 0 Å². The molecule has 1 rings (SSSR count). The lowest BCUT2D eigenvalue weighted by molar-refractivity contribution is -0.0145. The predicted molar refractivity (Wildman–Crippen MR) is 69.7 cm³/mol. The van der Waals surface area contributed by atoms with Gasteiger partial charge in [0, 0.05) is 4.83 Å². The molecular weight excluding hydrogens is 252 g/mol. The van der Waals surface area contributed by atoms with Gasteiger partial charge in [-0.05, 0) is 26.2 Å². The molecule has 0 saturated heterocycles. The number of alkyl halides is 1. The number of hydrogen-bond acceptors (Lipinski definition) is 1. The topological polar surface area (TPSA) is 9.23 Å². The summed E-state index contributed by atoms with van der Waals surface area (Å²) in [5.41, 5.74) is 0. The monoisotopic (exact) mass is 276 g/mol. The third kappa shape index (κ3) is 5.35. The van der Waals surface area contributed by atoms with E-state index < -0.39 is 0 Å². The van der Waals surface area contributed by atoms with Crippen molar-refractivity contribution in [1.82, 2.24) is 0 Å². The van der Waals surface area contributed by atoms with Gasteiger partial charge >= 0.3 is 0 Å². The molecule has 1 aliphatic carbocycles. The van der Waals surface area contributed by atoms with E-state index in [2.05, 4.69) is 29.8 Å². The minimum absolute atomic E-state index is 0.430. The van der Waals surface area contributed by atoms with E-state index in [1.807, 2.05) is 0 Å². The van der Waals surface area contributed by atoms with Gasteiger partial charge in [-0.3, -0.25) is 0 Å². The molecule has 1 saturated carbocycles. The maximum absolute atomic E-state index is 6.13. The fourth-order valence-corrected chi connectivity index (χ4v) is 3.04. The smallest absolute Gasteiger partial charge is 0.0703 e. The molecule has 0 spiro atoms. The first-order valence-electron chi connectivity index (χ1n) is 6.53. The van der Waals surface area contributed by atoms with Crippen molar-refractivity contribution < 1.29 is 4.74 Å². The first kappa shape index (κ1) is 13.5. The highest BCUT2D eigenvalue weighted by atomic mass is 79.9. The van der Waals surface area contributed by atoms with Crippen LogP contribution in [0.4, 0.5) is 0 Å². The molecule has 0 aromatic heterocycles. The Morgan fingerprint density at radius 1 is 1.20 bits per heavy atom. The maximum atomic E-state index is 6.13. The fourth-order valence-electron chi connectivity index (χ4n) is 2.33. The first-order chi connectivity index (χ1) is 7.24. The quantitative estimate of drug-likeness (QED) is 0.678. The Balaban J connectivity index is 2.34. The third-order valence-corrected chi connectivity index (χ3v) is 4.27. The summed E-state index contributed by atoms with van der Waals surface area (Å²) < 4.78 is 6.13. The lowest BCUT2D eigenvalue weighted by atomic mass is 9.98. The van der Waals surface area contributed by atoms with Crippen molar-refractivity contribution in [1.29, 1.82) is 0 Å². The molecule has 0 aromatic carbocycles. The minimum atomic E-state index is 0.430. The SMILES string of the molecule is CCCC(C)OC1CCCCCCC1Br. The van der Waals surface area contributed by atoms with Crippen LogP contribution >= 0.6 is 15.9 Å². The number of rotatable bonds is 4. The van der Waals surface area contributed by atoms with Gasteiger partial charge in [0.2, 0.25) is 0 Å². The molecule has 0 N–H and O–H groups in total. The van der Waals surface area contributed by atoms with Crippen molar-refractivity contribution in [2.45, 2.75) is 82.2 Å². The third-order valence-electron chi connectivity index (χ3n) is 3.22. The van der Waals surface area contributed by atoms with Gasteiger partial charge < -0.3 is 4.74 Å². The Labute approximate surface area is 103 Å². The Kier molecular flexibility index (Phi) is 6.91. The van der Waals surface area contributed by atoms with Crippen LogP contribution in [0.1, 0.15) is 65.2 Å². The molecule has 0 heterocycles. The van der Waals surface area contributed by atoms with E-state index in [4.69, 9.17) is 4.74 Å². The predicted octanol–water partition coefficient (Wildman–Crippen LogP) is 4.68. The molecule has 3 atom stereocenters. The normalized spacial score (nSPS) is 30.6. The van der Waals surface area contributed by atoms with E-state index in [0.29, 0.717) is 17.0 Å². The Bertz CT molecular complexity index is 161. The first-order valence-corrected chi connectivity index (χ1v) is 7.45. The van der Waals surface area contributed by atoms with Crippen LogP contribution in [0.5, 0.6) is 0 Å². The Morgan fingerprint density at radius 3 is 2.53 bits per heavy atom. The van der Waals surface area contributed by atoms with E-state index in [1.54, 1.807) is 0 Å². The Hall–Kier alpha value is 0.440. The second kappa shape index (κ2) is 7.67. The van der Waals surface area contributed by atoms with Crippen LogP contribution in [0, 0.1) is 0 Å². The highest BCUT2D eigenvalue weighted by molar-refractivity contribution is 9.09. The van der Waals surface area contributed by atoms with Crippen molar-refractivity contribution in [3.63, 3.8) is 0 Å². The molecule has 0 aliphatic heterocycles. The highest BCUT2D eigenvalue weighted by Crippen LogP contribution is 2.26. The van der Waals surface area contributed by atoms with Crippen LogP contribution in [0.2, 0.25) is 0 Å². The van der Waals surface area contributed by atoms with Crippen molar-refractivity contribution in [2.24, 2.45) is 0 Å². The van der Waals surface area contributed by atoms with Crippen LogP contribution in [-0.2, 0) is 4.74 Å². The molecule has 90 valence electrons. The number of ether oxygens (including phenoxy) is 1. The number of halogens is 1. The Morgan fingerprint density at radius 2 is 1.87 bits per heavy atom. The molecule has 1 fully saturated rings. The average Bonchev–Trinajstić information content (AvgIpc) is 2.18. The summed E-state index contributed by atoms with van der Waals surface area (Å²) in [6.45, 7) is 4.44. The maximum Gasteiger partial charge on any atom is 0.0703 e. The van der Waals surface area contributed by atoms with Crippen molar-refractivity contribution in [2.75, 3.05) is 0 Å². The largest absolute Gasteiger partial charge is 0.374 e.